The highest BCUT2D eigenvalue weighted by Crippen LogP contribution is 2.24. The Morgan fingerprint density at radius 1 is 1.11 bits per heavy atom. The van der Waals surface area contributed by atoms with Gasteiger partial charge in [-0.3, -0.25) is 9.59 Å². The lowest BCUT2D eigenvalue weighted by Gasteiger charge is -2.10. The summed E-state index contributed by atoms with van der Waals surface area (Å²) in [6, 6.07) is 14.9. The summed E-state index contributed by atoms with van der Waals surface area (Å²) < 4.78 is 5.64. The third-order valence-electron chi connectivity index (χ3n) is 4.12. The number of anilines is 1. The molecule has 1 aliphatic carbocycles. The van der Waals surface area contributed by atoms with Crippen LogP contribution in [0.5, 0.6) is 5.75 Å². The van der Waals surface area contributed by atoms with Crippen molar-refractivity contribution in [3.8, 4) is 5.75 Å². The molecule has 0 bridgehead atoms. The topological polar surface area (TPSA) is 67.4 Å². The van der Waals surface area contributed by atoms with E-state index in [1.165, 1.54) is 6.08 Å². The van der Waals surface area contributed by atoms with Crippen molar-refractivity contribution in [3.05, 3.63) is 65.7 Å². The molecule has 0 spiro atoms. The van der Waals surface area contributed by atoms with Crippen molar-refractivity contribution in [1.82, 2.24) is 5.32 Å². The van der Waals surface area contributed by atoms with E-state index in [4.69, 9.17) is 4.74 Å². The molecular formula is C22H24N2O3. The minimum Gasteiger partial charge on any atom is -0.491 e. The molecule has 1 fully saturated rings. The van der Waals surface area contributed by atoms with Gasteiger partial charge in [-0.1, -0.05) is 31.2 Å². The summed E-state index contributed by atoms with van der Waals surface area (Å²) in [5.41, 5.74) is 2.13. The van der Waals surface area contributed by atoms with Gasteiger partial charge in [0.2, 0.25) is 5.91 Å². The summed E-state index contributed by atoms with van der Waals surface area (Å²) in [5.74, 6) is 0.375. The predicted octanol–water partition coefficient (Wildman–Crippen LogP) is 4.02. The first-order valence-electron chi connectivity index (χ1n) is 9.27. The largest absolute Gasteiger partial charge is 0.491 e. The number of para-hydroxylation sites is 2. The van der Waals surface area contributed by atoms with Gasteiger partial charge in [0.1, 0.15) is 5.75 Å². The molecule has 0 unspecified atom stereocenters. The van der Waals surface area contributed by atoms with Crippen LogP contribution in [0.15, 0.2) is 54.6 Å². The van der Waals surface area contributed by atoms with Gasteiger partial charge in [0.25, 0.3) is 5.91 Å². The monoisotopic (exact) mass is 364 g/mol. The number of benzene rings is 2. The molecule has 3 rings (SSSR count). The minimum absolute atomic E-state index is 0.0468. The Hall–Kier alpha value is -3.08. The molecule has 2 aromatic carbocycles. The third-order valence-corrected chi connectivity index (χ3v) is 4.12. The van der Waals surface area contributed by atoms with Gasteiger partial charge in [-0.2, -0.15) is 0 Å². The maximum atomic E-state index is 12.2. The van der Waals surface area contributed by atoms with Crippen LogP contribution in [0, 0.1) is 0 Å². The van der Waals surface area contributed by atoms with Crippen molar-refractivity contribution in [3.63, 3.8) is 0 Å². The van der Waals surface area contributed by atoms with Gasteiger partial charge in [0.15, 0.2) is 0 Å². The van der Waals surface area contributed by atoms with E-state index < -0.39 is 0 Å². The van der Waals surface area contributed by atoms with Crippen molar-refractivity contribution in [1.29, 1.82) is 0 Å². The second-order valence-electron chi connectivity index (χ2n) is 6.54. The third kappa shape index (κ3) is 5.71. The van der Waals surface area contributed by atoms with Crippen molar-refractivity contribution < 1.29 is 14.3 Å². The first-order valence-corrected chi connectivity index (χ1v) is 9.27. The number of rotatable bonds is 8. The van der Waals surface area contributed by atoms with Gasteiger partial charge in [-0.05, 0) is 55.2 Å². The maximum Gasteiger partial charge on any atom is 0.251 e. The molecule has 0 radical (unpaired) electrons. The minimum atomic E-state index is -0.238. The molecule has 5 heteroatoms. The van der Waals surface area contributed by atoms with E-state index in [9.17, 15) is 9.59 Å². The van der Waals surface area contributed by atoms with E-state index in [2.05, 4.69) is 10.6 Å². The molecule has 1 aliphatic rings. The molecule has 0 saturated heterocycles. The van der Waals surface area contributed by atoms with E-state index >= 15 is 0 Å². The molecular weight excluding hydrogens is 340 g/mol. The van der Waals surface area contributed by atoms with Crippen LogP contribution >= 0.6 is 0 Å². The lowest BCUT2D eigenvalue weighted by Crippen LogP contribution is -2.25. The lowest BCUT2D eigenvalue weighted by molar-refractivity contribution is -0.111. The summed E-state index contributed by atoms with van der Waals surface area (Å²) >= 11 is 0. The quantitative estimate of drug-likeness (QED) is 0.695. The second-order valence-corrected chi connectivity index (χ2v) is 6.54. The average molecular weight is 364 g/mol. The number of hydrogen-bond donors (Lipinski definition) is 2. The van der Waals surface area contributed by atoms with Gasteiger partial charge in [0, 0.05) is 17.7 Å². The highest BCUT2D eigenvalue weighted by atomic mass is 16.5. The standard InChI is InChI=1S/C22H24N2O3/c1-2-15-27-20-6-4-3-5-19(20)24-21(25)14-9-16-7-10-17(11-8-16)22(26)23-18-12-13-18/h3-11,14,18H,2,12-13,15H2,1H3,(H,23,26)(H,24,25)/b14-9+. The van der Waals surface area contributed by atoms with Gasteiger partial charge in [-0.15, -0.1) is 0 Å². The zero-order valence-corrected chi connectivity index (χ0v) is 15.4. The molecule has 2 amide bonds. The van der Waals surface area contributed by atoms with Crippen LogP contribution in [0.1, 0.15) is 42.1 Å². The number of ether oxygens (including phenoxy) is 1. The van der Waals surface area contributed by atoms with Crippen LogP contribution in [-0.4, -0.2) is 24.5 Å². The highest BCUT2D eigenvalue weighted by molar-refractivity contribution is 6.02. The van der Waals surface area contributed by atoms with Gasteiger partial charge >= 0.3 is 0 Å². The van der Waals surface area contributed by atoms with E-state index in [0.29, 0.717) is 29.6 Å². The van der Waals surface area contributed by atoms with Crippen LogP contribution in [0.25, 0.3) is 6.08 Å². The first kappa shape index (κ1) is 18.7. The zero-order valence-electron chi connectivity index (χ0n) is 15.4. The predicted molar refractivity (Wildman–Crippen MR) is 107 cm³/mol. The summed E-state index contributed by atoms with van der Waals surface area (Å²) in [6.45, 7) is 2.63. The Morgan fingerprint density at radius 2 is 1.85 bits per heavy atom. The fraction of sp³-hybridized carbons (Fsp3) is 0.273. The molecule has 5 nitrogen and oxygen atoms in total. The Balaban J connectivity index is 1.57. The Labute approximate surface area is 159 Å². The highest BCUT2D eigenvalue weighted by Gasteiger charge is 2.23. The van der Waals surface area contributed by atoms with Crippen molar-refractivity contribution in [2.75, 3.05) is 11.9 Å². The van der Waals surface area contributed by atoms with E-state index in [-0.39, 0.29) is 11.8 Å². The van der Waals surface area contributed by atoms with E-state index in [1.54, 1.807) is 18.2 Å². The normalized spacial score (nSPS) is 13.4. The van der Waals surface area contributed by atoms with Crippen molar-refractivity contribution in [2.45, 2.75) is 32.2 Å². The number of hydrogen-bond acceptors (Lipinski definition) is 3. The molecule has 0 heterocycles. The van der Waals surface area contributed by atoms with Gasteiger partial charge in [-0.25, -0.2) is 0 Å². The fourth-order valence-corrected chi connectivity index (χ4v) is 2.50. The number of carbonyl (C=O) groups excluding carboxylic acids is 2. The summed E-state index contributed by atoms with van der Waals surface area (Å²) in [5, 5.41) is 5.79. The molecule has 0 aliphatic heterocycles. The summed E-state index contributed by atoms with van der Waals surface area (Å²) in [4.78, 5) is 24.2. The van der Waals surface area contributed by atoms with Gasteiger partial charge < -0.3 is 15.4 Å². The van der Waals surface area contributed by atoms with Crippen LogP contribution in [-0.2, 0) is 4.79 Å². The van der Waals surface area contributed by atoms with Crippen LogP contribution < -0.4 is 15.4 Å². The molecule has 140 valence electrons. The Kier molecular flexibility index (Phi) is 6.26. The number of nitrogens with one attached hydrogen (secondary N) is 2. The number of carbonyl (C=O) groups is 2. The Bertz CT molecular complexity index is 824. The number of amides is 2. The average Bonchev–Trinajstić information content (AvgIpc) is 3.50. The second kappa shape index (κ2) is 9.03. The van der Waals surface area contributed by atoms with Crippen molar-refractivity contribution >= 4 is 23.6 Å². The van der Waals surface area contributed by atoms with Crippen LogP contribution in [0.3, 0.4) is 0 Å². The summed E-state index contributed by atoms with van der Waals surface area (Å²) in [6.07, 6.45) is 6.21. The fourth-order valence-electron chi connectivity index (χ4n) is 2.50. The smallest absolute Gasteiger partial charge is 0.251 e. The van der Waals surface area contributed by atoms with Crippen molar-refractivity contribution in [2.24, 2.45) is 0 Å². The summed E-state index contributed by atoms with van der Waals surface area (Å²) in [7, 11) is 0. The van der Waals surface area contributed by atoms with E-state index in [0.717, 1.165) is 24.8 Å². The lowest BCUT2D eigenvalue weighted by atomic mass is 10.1. The Morgan fingerprint density at radius 3 is 2.56 bits per heavy atom. The molecule has 0 aromatic heterocycles. The van der Waals surface area contributed by atoms with E-state index in [1.807, 2.05) is 43.3 Å². The molecule has 0 atom stereocenters. The molecule has 1 saturated carbocycles. The van der Waals surface area contributed by atoms with Crippen LogP contribution in [0.2, 0.25) is 0 Å². The molecule has 27 heavy (non-hydrogen) atoms. The molecule has 2 N–H and O–H groups in total. The SMILES string of the molecule is CCCOc1ccccc1NC(=O)/C=C/c1ccc(C(=O)NC2CC2)cc1. The zero-order chi connectivity index (χ0) is 19.1. The maximum absolute atomic E-state index is 12.2. The molecule has 2 aromatic rings. The van der Waals surface area contributed by atoms with Crippen LogP contribution in [0.4, 0.5) is 5.69 Å². The van der Waals surface area contributed by atoms with Gasteiger partial charge in [0.05, 0.1) is 12.3 Å². The first-order chi connectivity index (χ1) is 13.2.